The molecule has 3 amide bonds. The lowest BCUT2D eigenvalue weighted by Crippen LogP contribution is -2.35. The summed E-state index contributed by atoms with van der Waals surface area (Å²) >= 11 is 0. The third-order valence-corrected chi connectivity index (χ3v) is 4.80. The molecule has 0 unspecified atom stereocenters. The number of carbonyl (C=O) groups is 2. The normalized spacial score (nSPS) is 14.5. The Morgan fingerprint density at radius 2 is 1.88 bits per heavy atom. The van der Waals surface area contributed by atoms with Crippen LogP contribution in [0.4, 0.5) is 10.5 Å². The third kappa shape index (κ3) is 4.98. The maximum Gasteiger partial charge on any atom is 0.321 e. The highest BCUT2D eigenvalue weighted by Gasteiger charge is 2.20. The fraction of sp³-hybridized carbons (Fsp3) is 0.579. The van der Waals surface area contributed by atoms with Crippen LogP contribution in [0.25, 0.3) is 0 Å². The maximum absolute atomic E-state index is 12.5. The average molecular weight is 331 g/mol. The fourth-order valence-electron chi connectivity index (χ4n) is 3.31. The van der Waals surface area contributed by atoms with Crippen molar-refractivity contribution in [3.05, 3.63) is 29.8 Å². The Morgan fingerprint density at radius 1 is 1.21 bits per heavy atom. The van der Waals surface area contributed by atoms with Gasteiger partial charge in [-0.3, -0.25) is 4.79 Å². The van der Waals surface area contributed by atoms with Gasteiger partial charge in [-0.1, -0.05) is 31.0 Å². The smallest absolute Gasteiger partial charge is 0.321 e. The maximum atomic E-state index is 12.5. The predicted molar refractivity (Wildman–Crippen MR) is 96.8 cm³/mol. The van der Waals surface area contributed by atoms with Crippen LogP contribution in [0.3, 0.4) is 0 Å². The molecule has 1 saturated carbocycles. The number of anilines is 1. The highest BCUT2D eigenvalue weighted by Crippen LogP contribution is 2.25. The zero-order chi connectivity index (χ0) is 17.5. The molecule has 0 aliphatic heterocycles. The predicted octanol–water partition coefficient (Wildman–Crippen LogP) is 3.71. The van der Waals surface area contributed by atoms with Gasteiger partial charge in [0.2, 0.25) is 5.91 Å². The molecular formula is C19H29N3O2. The number of para-hydroxylation sites is 1. The molecule has 0 heterocycles. The molecule has 0 atom stereocenters. The summed E-state index contributed by atoms with van der Waals surface area (Å²) in [5.74, 6) is 0.668. The minimum absolute atomic E-state index is 0.0389. The van der Waals surface area contributed by atoms with Crippen LogP contribution in [-0.4, -0.2) is 41.9 Å². The number of nitrogens with one attached hydrogen (secondary N) is 1. The van der Waals surface area contributed by atoms with Gasteiger partial charge < -0.3 is 15.1 Å². The summed E-state index contributed by atoms with van der Waals surface area (Å²) in [4.78, 5) is 27.7. The van der Waals surface area contributed by atoms with Gasteiger partial charge in [-0.05, 0) is 37.3 Å². The van der Waals surface area contributed by atoms with Gasteiger partial charge in [0.05, 0.1) is 0 Å². The molecule has 1 aliphatic carbocycles. The van der Waals surface area contributed by atoms with Gasteiger partial charge in [-0.15, -0.1) is 0 Å². The monoisotopic (exact) mass is 331 g/mol. The SMILES string of the molecule is CCN(Cc1ccccc1NC(=O)N(C)CC1CCCC1)C(C)=O. The standard InChI is InChI=1S/C19H29N3O2/c1-4-22(15(2)23)14-17-11-7-8-12-18(17)20-19(24)21(3)13-16-9-5-6-10-16/h7-8,11-12,16H,4-6,9-10,13-14H2,1-3H3,(H,20,24). The highest BCUT2D eigenvalue weighted by molar-refractivity contribution is 5.90. The lowest BCUT2D eigenvalue weighted by Gasteiger charge is -2.24. The second kappa shape index (κ2) is 8.71. The van der Waals surface area contributed by atoms with Crippen molar-refractivity contribution in [2.75, 3.05) is 25.5 Å². The van der Waals surface area contributed by atoms with Crippen molar-refractivity contribution < 1.29 is 9.59 Å². The molecule has 1 aromatic rings. The Balaban J connectivity index is 2.00. The summed E-state index contributed by atoms with van der Waals surface area (Å²) in [6.07, 6.45) is 5.00. The molecule has 24 heavy (non-hydrogen) atoms. The quantitative estimate of drug-likeness (QED) is 0.864. The first-order valence-corrected chi connectivity index (χ1v) is 8.86. The van der Waals surface area contributed by atoms with Gasteiger partial charge in [0.15, 0.2) is 0 Å². The van der Waals surface area contributed by atoms with Crippen LogP contribution in [-0.2, 0) is 11.3 Å². The van der Waals surface area contributed by atoms with E-state index in [0.717, 1.165) is 17.8 Å². The van der Waals surface area contributed by atoms with Crippen LogP contribution in [0.1, 0.15) is 45.1 Å². The second-order valence-electron chi connectivity index (χ2n) is 6.65. The van der Waals surface area contributed by atoms with Gasteiger partial charge >= 0.3 is 6.03 Å². The molecule has 1 fully saturated rings. The van der Waals surface area contributed by atoms with Crippen LogP contribution in [0, 0.1) is 5.92 Å². The molecule has 5 heteroatoms. The topological polar surface area (TPSA) is 52.7 Å². The van der Waals surface area contributed by atoms with Crippen LogP contribution >= 0.6 is 0 Å². The summed E-state index contributed by atoms with van der Waals surface area (Å²) in [5.41, 5.74) is 1.73. The first-order chi connectivity index (χ1) is 11.5. The molecule has 0 radical (unpaired) electrons. The first kappa shape index (κ1) is 18.3. The summed E-state index contributed by atoms with van der Waals surface area (Å²) in [6.45, 7) is 5.49. The Labute approximate surface area is 145 Å². The van der Waals surface area contributed by atoms with Gasteiger partial charge in [0.1, 0.15) is 0 Å². The minimum Gasteiger partial charge on any atom is -0.339 e. The molecule has 0 saturated heterocycles. The average Bonchev–Trinajstić information content (AvgIpc) is 3.06. The zero-order valence-electron chi connectivity index (χ0n) is 15.0. The molecule has 0 spiro atoms. The lowest BCUT2D eigenvalue weighted by atomic mass is 10.1. The number of carbonyl (C=O) groups excluding carboxylic acids is 2. The Hall–Kier alpha value is -2.04. The van der Waals surface area contributed by atoms with Crippen molar-refractivity contribution >= 4 is 17.6 Å². The molecule has 1 aromatic carbocycles. The Kier molecular flexibility index (Phi) is 6.64. The summed E-state index contributed by atoms with van der Waals surface area (Å²) in [7, 11) is 1.85. The van der Waals surface area contributed by atoms with Crippen LogP contribution < -0.4 is 5.32 Å². The van der Waals surface area contributed by atoms with Crippen molar-refractivity contribution in [1.29, 1.82) is 0 Å². The molecular weight excluding hydrogens is 302 g/mol. The van der Waals surface area contributed by atoms with E-state index in [0.29, 0.717) is 19.0 Å². The van der Waals surface area contributed by atoms with E-state index in [1.54, 1.807) is 16.7 Å². The number of urea groups is 1. The summed E-state index contributed by atoms with van der Waals surface area (Å²) < 4.78 is 0. The molecule has 1 aliphatic rings. The van der Waals surface area contributed by atoms with Gasteiger partial charge in [0, 0.05) is 39.3 Å². The van der Waals surface area contributed by atoms with Crippen molar-refractivity contribution in [1.82, 2.24) is 9.80 Å². The van der Waals surface area contributed by atoms with Crippen LogP contribution in [0.15, 0.2) is 24.3 Å². The Bertz CT molecular complexity index is 567. The largest absolute Gasteiger partial charge is 0.339 e. The van der Waals surface area contributed by atoms with Gasteiger partial charge in [-0.25, -0.2) is 4.79 Å². The zero-order valence-corrected chi connectivity index (χ0v) is 15.0. The minimum atomic E-state index is -0.0831. The van der Waals surface area contributed by atoms with E-state index in [2.05, 4.69) is 5.32 Å². The van der Waals surface area contributed by atoms with Crippen molar-refractivity contribution in [3.8, 4) is 0 Å². The first-order valence-electron chi connectivity index (χ1n) is 8.86. The van der Waals surface area contributed by atoms with E-state index in [1.165, 1.54) is 25.7 Å². The third-order valence-electron chi connectivity index (χ3n) is 4.80. The summed E-state index contributed by atoms with van der Waals surface area (Å²) in [6, 6.07) is 7.60. The molecule has 0 bridgehead atoms. The van der Waals surface area contributed by atoms with E-state index >= 15 is 0 Å². The van der Waals surface area contributed by atoms with E-state index in [4.69, 9.17) is 0 Å². The van der Waals surface area contributed by atoms with E-state index in [1.807, 2.05) is 38.2 Å². The lowest BCUT2D eigenvalue weighted by molar-refractivity contribution is -0.129. The van der Waals surface area contributed by atoms with Crippen molar-refractivity contribution in [3.63, 3.8) is 0 Å². The number of hydrogen-bond donors (Lipinski definition) is 1. The van der Waals surface area contributed by atoms with E-state index < -0.39 is 0 Å². The highest BCUT2D eigenvalue weighted by atomic mass is 16.2. The fourth-order valence-corrected chi connectivity index (χ4v) is 3.31. The van der Waals surface area contributed by atoms with Gasteiger partial charge in [0.25, 0.3) is 0 Å². The number of nitrogens with zero attached hydrogens (tertiary/aromatic N) is 2. The Morgan fingerprint density at radius 3 is 2.50 bits per heavy atom. The molecule has 132 valence electrons. The van der Waals surface area contributed by atoms with Crippen molar-refractivity contribution in [2.45, 2.75) is 46.1 Å². The van der Waals surface area contributed by atoms with Gasteiger partial charge in [-0.2, -0.15) is 0 Å². The molecule has 5 nitrogen and oxygen atoms in total. The van der Waals surface area contributed by atoms with E-state index in [9.17, 15) is 9.59 Å². The van der Waals surface area contributed by atoms with Crippen LogP contribution in [0.5, 0.6) is 0 Å². The number of amides is 3. The number of hydrogen-bond acceptors (Lipinski definition) is 2. The number of benzene rings is 1. The molecule has 0 aromatic heterocycles. The van der Waals surface area contributed by atoms with E-state index in [-0.39, 0.29) is 11.9 Å². The molecule has 2 rings (SSSR count). The van der Waals surface area contributed by atoms with Crippen LogP contribution in [0.2, 0.25) is 0 Å². The second-order valence-corrected chi connectivity index (χ2v) is 6.65. The summed E-state index contributed by atoms with van der Waals surface area (Å²) in [5, 5.41) is 3.00. The van der Waals surface area contributed by atoms with Crippen molar-refractivity contribution in [2.24, 2.45) is 5.92 Å². The molecule has 1 N–H and O–H groups in total. The number of rotatable bonds is 6.